The van der Waals surface area contributed by atoms with Crippen LogP contribution in [0, 0.1) is 24.1 Å². The van der Waals surface area contributed by atoms with E-state index in [4.69, 9.17) is 16.9 Å². The number of carbonyl (C=O) groups excluding carboxylic acids is 1. The number of amides is 1. The van der Waals surface area contributed by atoms with Crippen molar-refractivity contribution >= 4 is 23.2 Å². The van der Waals surface area contributed by atoms with E-state index in [2.05, 4.69) is 10.3 Å². The van der Waals surface area contributed by atoms with E-state index in [1.807, 2.05) is 0 Å². The molecule has 0 aliphatic heterocycles. The predicted molar refractivity (Wildman–Crippen MR) is 73.1 cm³/mol. The Kier molecular flexibility index (Phi) is 3.97. The van der Waals surface area contributed by atoms with E-state index in [-0.39, 0.29) is 16.1 Å². The minimum absolute atomic E-state index is 0.143. The number of nitrogens with zero attached hydrogens (tertiary/aromatic N) is 2. The molecule has 0 fully saturated rings. The van der Waals surface area contributed by atoms with Crippen molar-refractivity contribution in [1.29, 1.82) is 5.26 Å². The molecule has 1 N–H and O–H groups in total. The lowest BCUT2D eigenvalue weighted by Crippen LogP contribution is -2.13. The van der Waals surface area contributed by atoms with Gasteiger partial charge in [0, 0.05) is 17.6 Å². The lowest BCUT2D eigenvalue weighted by Gasteiger charge is -2.07. The van der Waals surface area contributed by atoms with Gasteiger partial charge in [-0.15, -0.1) is 0 Å². The molecule has 100 valence electrons. The molecule has 2 rings (SSSR count). The van der Waals surface area contributed by atoms with E-state index in [1.165, 1.54) is 18.3 Å². The Morgan fingerprint density at radius 3 is 2.85 bits per heavy atom. The lowest BCUT2D eigenvalue weighted by atomic mass is 10.2. The molecule has 6 heteroatoms. The first-order chi connectivity index (χ1) is 9.51. The molecule has 0 spiro atoms. The Balaban J connectivity index is 2.26. The van der Waals surface area contributed by atoms with Gasteiger partial charge in [0.25, 0.3) is 5.91 Å². The van der Waals surface area contributed by atoms with Crippen LogP contribution in [0.2, 0.25) is 5.02 Å². The minimum atomic E-state index is -0.638. The summed E-state index contributed by atoms with van der Waals surface area (Å²) in [5.74, 6) is -1.11. The second-order valence-electron chi connectivity index (χ2n) is 4.07. The molecule has 1 aromatic heterocycles. The van der Waals surface area contributed by atoms with Crippen molar-refractivity contribution in [2.24, 2.45) is 0 Å². The van der Waals surface area contributed by atoms with Gasteiger partial charge in [0.15, 0.2) is 0 Å². The van der Waals surface area contributed by atoms with Crippen LogP contribution in [0.1, 0.15) is 21.6 Å². The first-order valence-corrected chi connectivity index (χ1v) is 6.02. The van der Waals surface area contributed by atoms with Gasteiger partial charge >= 0.3 is 0 Å². The summed E-state index contributed by atoms with van der Waals surface area (Å²) in [5, 5.41) is 11.5. The van der Waals surface area contributed by atoms with E-state index in [1.54, 1.807) is 19.1 Å². The number of hydrogen-bond donors (Lipinski definition) is 1. The molecule has 0 atom stereocenters. The van der Waals surface area contributed by atoms with Crippen LogP contribution in [0.25, 0.3) is 0 Å². The van der Waals surface area contributed by atoms with Gasteiger partial charge in [0.1, 0.15) is 11.9 Å². The standard InChI is InChI=1S/C14H9ClFN3O/c1-8-4-12(15)11(7-18-8)14(20)19-10-2-3-13(16)9(5-10)6-17/h2-5,7H,1H3,(H,19,20). The van der Waals surface area contributed by atoms with Crippen molar-refractivity contribution in [3.05, 3.63) is 58.1 Å². The van der Waals surface area contributed by atoms with Crippen LogP contribution in [-0.2, 0) is 0 Å². The topological polar surface area (TPSA) is 65.8 Å². The number of benzene rings is 1. The third-order valence-corrected chi connectivity index (χ3v) is 2.89. The Labute approximate surface area is 119 Å². The average molecular weight is 290 g/mol. The first kappa shape index (κ1) is 14.0. The molecule has 0 unspecified atom stereocenters. The van der Waals surface area contributed by atoms with Crippen LogP contribution < -0.4 is 5.32 Å². The zero-order valence-corrected chi connectivity index (χ0v) is 11.2. The van der Waals surface area contributed by atoms with Crippen LogP contribution in [0.4, 0.5) is 10.1 Å². The van der Waals surface area contributed by atoms with Crippen molar-refractivity contribution in [2.75, 3.05) is 5.32 Å². The fourth-order valence-electron chi connectivity index (χ4n) is 1.58. The highest BCUT2D eigenvalue weighted by Crippen LogP contribution is 2.19. The summed E-state index contributed by atoms with van der Waals surface area (Å²) in [6, 6.07) is 7.01. The average Bonchev–Trinajstić information content (AvgIpc) is 2.40. The molecule has 20 heavy (non-hydrogen) atoms. The second-order valence-corrected chi connectivity index (χ2v) is 4.47. The molecule has 1 heterocycles. The molecule has 0 saturated carbocycles. The van der Waals surface area contributed by atoms with Crippen molar-refractivity contribution in [1.82, 2.24) is 4.98 Å². The van der Waals surface area contributed by atoms with Crippen molar-refractivity contribution < 1.29 is 9.18 Å². The Morgan fingerprint density at radius 2 is 2.20 bits per heavy atom. The number of halogens is 2. The van der Waals surface area contributed by atoms with Crippen LogP contribution in [-0.4, -0.2) is 10.9 Å². The van der Waals surface area contributed by atoms with Gasteiger partial charge in [-0.2, -0.15) is 5.26 Å². The van der Waals surface area contributed by atoms with Crippen LogP contribution in [0.15, 0.2) is 30.5 Å². The predicted octanol–water partition coefficient (Wildman–Crippen LogP) is 3.31. The molecule has 0 aliphatic carbocycles. The normalized spacial score (nSPS) is 9.90. The summed E-state index contributed by atoms with van der Waals surface area (Å²) >= 11 is 5.96. The highest BCUT2D eigenvalue weighted by Gasteiger charge is 2.12. The summed E-state index contributed by atoms with van der Waals surface area (Å²) in [4.78, 5) is 16.0. The number of nitrogens with one attached hydrogen (secondary N) is 1. The fraction of sp³-hybridized carbons (Fsp3) is 0.0714. The summed E-state index contributed by atoms with van der Waals surface area (Å²) in [6.45, 7) is 1.76. The molecule has 1 aromatic carbocycles. The maximum absolute atomic E-state index is 13.2. The van der Waals surface area contributed by atoms with E-state index in [0.717, 1.165) is 6.07 Å². The summed E-state index contributed by atoms with van der Waals surface area (Å²) in [7, 11) is 0. The molecular weight excluding hydrogens is 281 g/mol. The Hall–Kier alpha value is -2.45. The van der Waals surface area contributed by atoms with E-state index in [0.29, 0.717) is 11.4 Å². The molecule has 0 saturated heterocycles. The zero-order valence-electron chi connectivity index (χ0n) is 10.4. The minimum Gasteiger partial charge on any atom is -0.322 e. The molecular formula is C14H9ClFN3O. The number of carbonyl (C=O) groups is 1. The molecule has 0 aliphatic rings. The van der Waals surface area contributed by atoms with Gasteiger partial charge in [-0.1, -0.05) is 11.6 Å². The molecule has 2 aromatic rings. The largest absolute Gasteiger partial charge is 0.322 e. The van der Waals surface area contributed by atoms with Crippen LogP contribution in [0.5, 0.6) is 0 Å². The number of rotatable bonds is 2. The molecule has 0 bridgehead atoms. The van der Waals surface area contributed by atoms with Crippen LogP contribution in [0.3, 0.4) is 0 Å². The molecule has 1 amide bonds. The fourth-order valence-corrected chi connectivity index (χ4v) is 1.87. The number of aryl methyl sites for hydroxylation is 1. The summed E-state index contributed by atoms with van der Waals surface area (Å²) < 4.78 is 13.2. The Morgan fingerprint density at radius 1 is 1.45 bits per heavy atom. The van der Waals surface area contributed by atoms with E-state index < -0.39 is 11.7 Å². The first-order valence-electron chi connectivity index (χ1n) is 5.64. The van der Waals surface area contributed by atoms with E-state index >= 15 is 0 Å². The highest BCUT2D eigenvalue weighted by molar-refractivity contribution is 6.34. The Bertz CT molecular complexity index is 725. The second kappa shape index (κ2) is 5.68. The van der Waals surface area contributed by atoms with Gasteiger partial charge in [0.05, 0.1) is 16.1 Å². The number of hydrogen-bond acceptors (Lipinski definition) is 3. The van der Waals surface area contributed by atoms with Gasteiger partial charge in [-0.25, -0.2) is 4.39 Å². The van der Waals surface area contributed by atoms with Gasteiger partial charge in [0.2, 0.25) is 0 Å². The third kappa shape index (κ3) is 2.92. The highest BCUT2D eigenvalue weighted by atomic mass is 35.5. The van der Waals surface area contributed by atoms with Gasteiger partial charge < -0.3 is 5.32 Å². The molecule has 4 nitrogen and oxygen atoms in total. The number of aromatic nitrogens is 1. The smallest absolute Gasteiger partial charge is 0.258 e. The van der Waals surface area contributed by atoms with Crippen molar-refractivity contribution in [2.45, 2.75) is 6.92 Å². The molecule has 0 radical (unpaired) electrons. The summed E-state index contributed by atoms with van der Waals surface area (Å²) in [6.07, 6.45) is 1.36. The number of pyridine rings is 1. The zero-order chi connectivity index (χ0) is 14.7. The van der Waals surface area contributed by atoms with Gasteiger partial charge in [-0.3, -0.25) is 9.78 Å². The monoisotopic (exact) mass is 289 g/mol. The summed E-state index contributed by atoms with van der Waals surface area (Å²) in [5.41, 5.74) is 1.07. The van der Waals surface area contributed by atoms with Crippen LogP contribution >= 0.6 is 11.6 Å². The quantitative estimate of drug-likeness (QED) is 0.922. The lowest BCUT2D eigenvalue weighted by molar-refractivity contribution is 0.102. The van der Waals surface area contributed by atoms with E-state index in [9.17, 15) is 9.18 Å². The SMILES string of the molecule is Cc1cc(Cl)c(C(=O)Nc2ccc(F)c(C#N)c2)cn1. The van der Waals surface area contributed by atoms with Crippen molar-refractivity contribution in [3.8, 4) is 6.07 Å². The maximum atomic E-state index is 13.2. The van der Waals surface area contributed by atoms with Crippen molar-refractivity contribution in [3.63, 3.8) is 0 Å². The van der Waals surface area contributed by atoms with Gasteiger partial charge in [-0.05, 0) is 31.2 Å². The maximum Gasteiger partial charge on any atom is 0.258 e. The number of anilines is 1. The number of nitriles is 1. The third-order valence-electron chi connectivity index (χ3n) is 2.58.